The Morgan fingerprint density at radius 3 is 2.19 bits per heavy atom. The van der Waals surface area contributed by atoms with Gasteiger partial charge in [0, 0.05) is 12.0 Å². The van der Waals surface area contributed by atoms with Crippen molar-refractivity contribution in [2.75, 3.05) is 0 Å². The van der Waals surface area contributed by atoms with E-state index in [-0.39, 0.29) is 11.8 Å². The van der Waals surface area contributed by atoms with Crippen molar-refractivity contribution in [1.29, 1.82) is 0 Å². The molecule has 1 aromatic carbocycles. The largest absolute Gasteiger partial charge is 0.480 e. The van der Waals surface area contributed by atoms with E-state index >= 15 is 0 Å². The Hall–Kier alpha value is -1.62. The lowest BCUT2D eigenvalue weighted by Gasteiger charge is -2.19. The average Bonchev–Trinajstić information content (AvgIpc) is 2.36. The summed E-state index contributed by atoms with van der Waals surface area (Å²) in [6, 6.07) is 6.18. The Morgan fingerprint density at radius 1 is 1.29 bits per heavy atom. The van der Waals surface area contributed by atoms with Gasteiger partial charge in [0.15, 0.2) is 0 Å². The molecule has 0 radical (unpaired) electrons. The zero-order valence-corrected chi connectivity index (χ0v) is 14.0. The molecule has 0 spiro atoms. The van der Waals surface area contributed by atoms with Gasteiger partial charge in [-0.3, -0.25) is 4.79 Å². The van der Waals surface area contributed by atoms with Crippen LogP contribution in [-0.4, -0.2) is 23.0 Å². The fourth-order valence-electron chi connectivity index (χ4n) is 1.78. The van der Waals surface area contributed by atoms with Gasteiger partial charge < -0.3 is 10.4 Å². The molecule has 0 fully saturated rings. The van der Waals surface area contributed by atoms with Crippen molar-refractivity contribution in [1.82, 2.24) is 5.32 Å². The van der Waals surface area contributed by atoms with E-state index < -0.39 is 17.9 Å². The molecule has 0 aliphatic rings. The highest BCUT2D eigenvalue weighted by Crippen LogP contribution is 2.22. The molecule has 0 saturated carbocycles. The molecule has 1 atom stereocenters. The topological polar surface area (TPSA) is 66.4 Å². The van der Waals surface area contributed by atoms with Gasteiger partial charge in [-0.1, -0.05) is 55.4 Å². The molecule has 1 rings (SSSR count). The Balaban J connectivity index is 2.83. The highest BCUT2D eigenvalue weighted by molar-refractivity contribution is 9.11. The Labute approximate surface area is 133 Å². The number of carbonyl (C=O) groups excluding carboxylic acids is 1. The predicted molar refractivity (Wildman–Crippen MR) is 86.7 cm³/mol. The number of amides is 1. The van der Waals surface area contributed by atoms with E-state index in [4.69, 9.17) is 5.11 Å². The third-order valence-electron chi connectivity index (χ3n) is 3.04. The highest BCUT2D eigenvalue weighted by Gasteiger charge is 2.21. The highest BCUT2D eigenvalue weighted by atomic mass is 79.9. The van der Waals surface area contributed by atoms with E-state index in [1.807, 2.05) is 12.1 Å². The smallest absolute Gasteiger partial charge is 0.326 e. The number of halogens is 1. The zero-order chi connectivity index (χ0) is 16.2. The average molecular weight is 354 g/mol. The number of benzene rings is 1. The lowest BCUT2D eigenvalue weighted by atomic mass is 9.86. The van der Waals surface area contributed by atoms with Crippen LogP contribution >= 0.6 is 15.9 Å². The third-order valence-corrected chi connectivity index (χ3v) is 3.37. The molecule has 1 aromatic rings. The Morgan fingerprint density at radius 2 is 1.81 bits per heavy atom. The second-order valence-electron chi connectivity index (χ2n) is 5.91. The Bertz CT molecular complexity index is 544. The van der Waals surface area contributed by atoms with Gasteiger partial charge in [0.25, 0.3) is 5.91 Å². The third kappa shape index (κ3) is 5.34. The van der Waals surface area contributed by atoms with Gasteiger partial charge in [-0.05, 0) is 27.6 Å². The number of hydrogen-bond donors (Lipinski definition) is 2. The second-order valence-corrected chi connectivity index (χ2v) is 7.03. The van der Waals surface area contributed by atoms with Gasteiger partial charge >= 0.3 is 5.97 Å². The predicted octanol–water partition coefficient (Wildman–Crippen LogP) is 3.47. The van der Waals surface area contributed by atoms with Crippen molar-refractivity contribution in [3.05, 3.63) is 46.5 Å². The van der Waals surface area contributed by atoms with Gasteiger partial charge in [-0.2, -0.15) is 0 Å². The fourth-order valence-corrected chi connectivity index (χ4v) is 2.11. The summed E-state index contributed by atoms with van der Waals surface area (Å²) in [4.78, 5) is 23.2. The fraction of sp³-hybridized carbons (Fsp3) is 0.375. The van der Waals surface area contributed by atoms with Crippen LogP contribution < -0.4 is 5.32 Å². The summed E-state index contributed by atoms with van der Waals surface area (Å²) in [5.74, 6) is -1.49. The van der Waals surface area contributed by atoms with Gasteiger partial charge in [0.05, 0.1) is 0 Å². The summed E-state index contributed by atoms with van der Waals surface area (Å²) >= 11 is 3.11. The molecule has 0 saturated heterocycles. The number of rotatable bonds is 5. The van der Waals surface area contributed by atoms with Crippen LogP contribution in [0.4, 0.5) is 0 Å². The molecule has 1 amide bonds. The molecule has 114 valence electrons. The maximum atomic E-state index is 12.1. The number of carbonyl (C=O) groups is 2. The molecule has 4 nitrogen and oxygen atoms in total. The summed E-state index contributed by atoms with van der Waals surface area (Å²) in [6.07, 6.45) is 0.140. The summed E-state index contributed by atoms with van der Waals surface area (Å²) in [6.45, 7) is 9.86. The first-order chi connectivity index (χ1) is 9.61. The van der Waals surface area contributed by atoms with Crippen LogP contribution in [0.15, 0.2) is 35.3 Å². The quantitative estimate of drug-likeness (QED) is 0.851. The van der Waals surface area contributed by atoms with Crippen molar-refractivity contribution in [3.8, 4) is 0 Å². The van der Waals surface area contributed by atoms with Crippen molar-refractivity contribution in [2.45, 2.75) is 38.6 Å². The minimum absolute atomic E-state index is 0.00626. The number of hydrogen-bond acceptors (Lipinski definition) is 2. The maximum absolute atomic E-state index is 12.1. The lowest BCUT2D eigenvalue weighted by molar-refractivity contribution is -0.139. The molecule has 21 heavy (non-hydrogen) atoms. The molecule has 0 bridgehead atoms. The number of nitrogens with one attached hydrogen (secondary N) is 1. The van der Waals surface area contributed by atoms with Crippen molar-refractivity contribution < 1.29 is 14.7 Å². The first-order valence-electron chi connectivity index (χ1n) is 6.58. The molecule has 0 aromatic heterocycles. The number of carboxylic acid groups (broad SMARTS) is 1. The maximum Gasteiger partial charge on any atom is 0.326 e. The van der Waals surface area contributed by atoms with Crippen LogP contribution in [0, 0.1) is 0 Å². The lowest BCUT2D eigenvalue weighted by Crippen LogP contribution is -2.40. The van der Waals surface area contributed by atoms with E-state index in [1.165, 1.54) is 0 Å². The minimum atomic E-state index is -1.09. The molecule has 0 aliphatic heterocycles. The molecule has 0 aliphatic carbocycles. The molecule has 5 heteroatoms. The number of carboxylic acids is 1. The van der Waals surface area contributed by atoms with Gasteiger partial charge in [-0.15, -0.1) is 0 Å². The van der Waals surface area contributed by atoms with Gasteiger partial charge in [0.1, 0.15) is 6.04 Å². The van der Waals surface area contributed by atoms with Crippen molar-refractivity contribution >= 4 is 27.8 Å². The first-order valence-corrected chi connectivity index (χ1v) is 7.38. The number of aliphatic carboxylic acids is 1. The minimum Gasteiger partial charge on any atom is -0.480 e. The Kier molecular flexibility index (Phi) is 5.72. The normalized spacial score (nSPS) is 12.6. The first kappa shape index (κ1) is 17.4. The molecular formula is C16H20BrNO3. The summed E-state index contributed by atoms with van der Waals surface area (Å²) in [5, 5.41) is 11.6. The van der Waals surface area contributed by atoms with Crippen LogP contribution in [0.3, 0.4) is 0 Å². The van der Waals surface area contributed by atoms with E-state index in [0.29, 0.717) is 10.0 Å². The van der Waals surface area contributed by atoms with E-state index in [0.717, 1.165) is 5.56 Å². The van der Waals surface area contributed by atoms with Crippen LogP contribution in [-0.2, 0) is 10.2 Å². The van der Waals surface area contributed by atoms with Crippen LogP contribution in [0.5, 0.6) is 0 Å². The van der Waals surface area contributed by atoms with Crippen LogP contribution in [0.1, 0.15) is 43.1 Å². The standard InChI is InChI=1S/C16H20BrNO3/c1-10(17)9-13(15(20)21)18-14(19)11-5-7-12(8-6-11)16(2,3)4/h5-8,13H,1,9H2,2-4H3,(H,18,19)(H,20,21)/t13-/m1/s1. The molecular weight excluding hydrogens is 334 g/mol. The summed E-state index contributed by atoms with van der Waals surface area (Å²) < 4.78 is 0.526. The molecule has 0 unspecified atom stereocenters. The monoisotopic (exact) mass is 353 g/mol. The SMILES string of the molecule is C=C(Br)C[C@@H](NC(=O)c1ccc(C(C)(C)C)cc1)C(=O)O. The van der Waals surface area contributed by atoms with Gasteiger partial charge in [-0.25, -0.2) is 4.79 Å². The summed E-state index contributed by atoms with van der Waals surface area (Å²) in [7, 11) is 0. The molecule has 2 N–H and O–H groups in total. The van der Waals surface area contributed by atoms with E-state index in [1.54, 1.807) is 12.1 Å². The van der Waals surface area contributed by atoms with Crippen molar-refractivity contribution in [3.63, 3.8) is 0 Å². The van der Waals surface area contributed by atoms with Crippen LogP contribution in [0.25, 0.3) is 0 Å². The van der Waals surface area contributed by atoms with E-state index in [2.05, 4.69) is 48.6 Å². The molecule has 0 heterocycles. The second kappa shape index (κ2) is 6.89. The van der Waals surface area contributed by atoms with Crippen molar-refractivity contribution in [2.24, 2.45) is 0 Å². The van der Waals surface area contributed by atoms with Gasteiger partial charge in [0.2, 0.25) is 0 Å². The summed E-state index contributed by atoms with van der Waals surface area (Å²) in [5.41, 5.74) is 1.56. The zero-order valence-electron chi connectivity index (χ0n) is 12.4. The van der Waals surface area contributed by atoms with E-state index in [9.17, 15) is 9.59 Å². The van der Waals surface area contributed by atoms with Crippen LogP contribution in [0.2, 0.25) is 0 Å².